The molecule has 1 aromatic heterocycles. The monoisotopic (exact) mass is 533 g/mol. The number of anilines is 1. The number of piperidine rings is 1. The van der Waals surface area contributed by atoms with Gasteiger partial charge >= 0.3 is 6.09 Å². The third kappa shape index (κ3) is 7.25. The van der Waals surface area contributed by atoms with Crippen LogP contribution in [0.1, 0.15) is 39.3 Å². The number of halogens is 1. The lowest BCUT2D eigenvalue weighted by Gasteiger charge is -2.39. The molecule has 1 fully saturated rings. The molecule has 35 heavy (non-hydrogen) atoms. The number of rotatable bonds is 7. The normalized spacial score (nSPS) is 20.5. The van der Waals surface area contributed by atoms with E-state index in [9.17, 15) is 14.4 Å². The molecule has 10 heteroatoms. The Morgan fingerprint density at radius 2 is 2.00 bits per heavy atom. The summed E-state index contributed by atoms with van der Waals surface area (Å²) >= 11 is 8.90. The lowest BCUT2D eigenvalue weighted by atomic mass is 9.81. The number of carbonyl (C=O) groups excluding carboxylic acids is 3. The number of pyridine rings is 1. The summed E-state index contributed by atoms with van der Waals surface area (Å²) in [4.78, 5) is 44.0. The van der Waals surface area contributed by atoms with Crippen LogP contribution >= 0.6 is 35.1 Å². The molecular formula is C25H28ClN3O4S2. The number of benzene rings is 1. The Morgan fingerprint density at radius 3 is 2.66 bits per heavy atom. The Balaban J connectivity index is 1.88. The molecule has 0 saturated carbocycles. The molecule has 186 valence electrons. The molecule has 7 nitrogen and oxygen atoms in total. The van der Waals surface area contributed by atoms with Gasteiger partial charge in [-0.25, -0.2) is 9.78 Å². The van der Waals surface area contributed by atoms with Crippen molar-refractivity contribution in [1.82, 2.24) is 10.3 Å². The van der Waals surface area contributed by atoms with Gasteiger partial charge < -0.3 is 10.1 Å². The van der Waals surface area contributed by atoms with Crippen LogP contribution in [0.25, 0.3) is 0 Å². The minimum atomic E-state index is -1.05. The topological polar surface area (TPSA) is 97.4 Å². The Labute approximate surface area is 218 Å². The van der Waals surface area contributed by atoms with E-state index in [4.69, 9.17) is 16.3 Å². The summed E-state index contributed by atoms with van der Waals surface area (Å²) in [6, 6.07) is 12.2. The van der Waals surface area contributed by atoms with Crippen LogP contribution in [0.2, 0.25) is 5.02 Å². The molecule has 1 aliphatic rings. The number of ether oxygens (including phenoxy) is 1. The van der Waals surface area contributed by atoms with E-state index >= 15 is 0 Å². The van der Waals surface area contributed by atoms with E-state index in [1.54, 1.807) is 57.2 Å². The van der Waals surface area contributed by atoms with Gasteiger partial charge in [-0.3, -0.25) is 14.9 Å². The van der Waals surface area contributed by atoms with Crippen LogP contribution in [0.4, 0.5) is 10.6 Å². The molecule has 0 radical (unpaired) electrons. The van der Waals surface area contributed by atoms with Crippen LogP contribution in [-0.2, 0) is 19.9 Å². The predicted octanol–water partition coefficient (Wildman–Crippen LogP) is 5.79. The van der Waals surface area contributed by atoms with Crippen molar-refractivity contribution in [2.75, 3.05) is 11.6 Å². The van der Waals surface area contributed by atoms with Gasteiger partial charge in [0.1, 0.15) is 16.7 Å². The van der Waals surface area contributed by atoms with Gasteiger partial charge in [0.05, 0.1) is 16.3 Å². The molecule has 0 aliphatic carbocycles. The zero-order valence-corrected chi connectivity index (χ0v) is 22.4. The number of aromatic nitrogens is 1. The van der Waals surface area contributed by atoms with Crippen molar-refractivity contribution in [3.8, 4) is 0 Å². The average molecular weight is 534 g/mol. The van der Waals surface area contributed by atoms with Crippen LogP contribution in [0.5, 0.6) is 0 Å². The molecule has 3 rings (SSSR count). The van der Waals surface area contributed by atoms with Crippen molar-refractivity contribution >= 4 is 58.7 Å². The van der Waals surface area contributed by atoms with Crippen molar-refractivity contribution in [2.45, 2.75) is 54.9 Å². The maximum absolute atomic E-state index is 13.3. The number of hydrogen-bond acceptors (Lipinski definition) is 7. The van der Waals surface area contributed by atoms with Crippen molar-refractivity contribution in [2.24, 2.45) is 0 Å². The third-order valence-electron chi connectivity index (χ3n) is 5.02. The summed E-state index contributed by atoms with van der Waals surface area (Å²) in [5.74, 6) is -0.362. The second-order valence-corrected chi connectivity index (χ2v) is 11.3. The molecular weight excluding hydrogens is 506 g/mol. The number of nitrogens with one attached hydrogen (secondary N) is 2. The van der Waals surface area contributed by atoms with E-state index in [1.165, 1.54) is 11.8 Å². The fourth-order valence-corrected chi connectivity index (χ4v) is 5.11. The first-order valence-electron chi connectivity index (χ1n) is 10.9. The molecule has 2 atom stereocenters. The van der Waals surface area contributed by atoms with E-state index in [0.29, 0.717) is 22.0 Å². The summed E-state index contributed by atoms with van der Waals surface area (Å²) in [7, 11) is 0. The Morgan fingerprint density at radius 1 is 1.26 bits per heavy atom. The van der Waals surface area contributed by atoms with Gasteiger partial charge in [0.15, 0.2) is 5.78 Å². The summed E-state index contributed by atoms with van der Waals surface area (Å²) in [5.41, 5.74) is -1.24. The minimum absolute atomic E-state index is 0.0441. The number of amides is 2. The number of ketones is 1. The smallest absolute Gasteiger partial charge is 0.413 e. The number of Topliss-reactive ketones (excluding diaryl/α,β-unsaturated/α-hetero) is 1. The first kappa shape index (κ1) is 27.1. The quantitative estimate of drug-likeness (QED) is 0.434. The molecule has 1 aliphatic heterocycles. The second-order valence-electron chi connectivity index (χ2n) is 8.99. The van der Waals surface area contributed by atoms with Gasteiger partial charge in [-0.1, -0.05) is 35.9 Å². The van der Waals surface area contributed by atoms with Crippen LogP contribution in [0.3, 0.4) is 0 Å². The Bertz CT molecular complexity index is 1120. The lowest BCUT2D eigenvalue weighted by Crippen LogP contribution is -2.57. The second kappa shape index (κ2) is 11.5. The number of thioether (sulfide) groups is 2. The fourth-order valence-electron chi connectivity index (χ4n) is 3.58. The van der Waals surface area contributed by atoms with Crippen molar-refractivity contribution in [3.63, 3.8) is 0 Å². The number of nitrogens with zero attached hydrogens (tertiary/aromatic N) is 1. The van der Waals surface area contributed by atoms with Crippen LogP contribution in [0.15, 0.2) is 58.8 Å². The summed E-state index contributed by atoms with van der Waals surface area (Å²) in [5, 5.41) is 7.14. The minimum Gasteiger partial charge on any atom is -0.444 e. The molecule has 1 saturated heterocycles. The predicted molar refractivity (Wildman–Crippen MR) is 142 cm³/mol. The summed E-state index contributed by atoms with van der Waals surface area (Å²) in [6.07, 6.45) is 3.59. The van der Waals surface area contributed by atoms with E-state index in [0.717, 1.165) is 11.8 Å². The highest BCUT2D eigenvalue weighted by molar-refractivity contribution is 8.01. The van der Waals surface area contributed by atoms with E-state index < -0.39 is 28.4 Å². The molecule has 2 N–H and O–H groups in total. The van der Waals surface area contributed by atoms with Gasteiger partial charge in [0.25, 0.3) is 0 Å². The van der Waals surface area contributed by atoms with Gasteiger partial charge in [-0.2, -0.15) is 0 Å². The van der Waals surface area contributed by atoms with Crippen molar-refractivity contribution in [1.29, 1.82) is 0 Å². The largest absolute Gasteiger partial charge is 0.444 e. The number of hydrogen-bond donors (Lipinski definition) is 2. The van der Waals surface area contributed by atoms with Gasteiger partial charge in [-0.05, 0) is 63.1 Å². The van der Waals surface area contributed by atoms with E-state index in [-0.39, 0.29) is 18.0 Å². The maximum atomic E-state index is 13.3. The first-order chi connectivity index (χ1) is 16.5. The maximum Gasteiger partial charge on any atom is 0.413 e. The molecule has 0 spiro atoms. The van der Waals surface area contributed by atoms with Crippen molar-refractivity contribution < 1.29 is 19.1 Å². The van der Waals surface area contributed by atoms with Gasteiger partial charge in [0, 0.05) is 11.3 Å². The molecule has 0 bridgehead atoms. The third-order valence-corrected chi connectivity index (χ3v) is 7.25. The van der Waals surface area contributed by atoms with Gasteiger partial charge in [0.2, 0.25) is 5.91 Å². The first-order valence-corrected chi connectivity index (χ1v) is 13.5. The molecule has 2 aromatic rings. The average Bonchev–Trinajstić information content (AvgIpc) is 2.76. The standard InChI is InChI=1S/C25H28ClN3O4S2/c1-24(2,3)33-23(32)28-20-12-7-11-19(27-20)25(13-8-14-34-4)15-17(30)21(22(31)29-25)35-18-10-6-5-9-16(18)26/h5-12,14,21H,13,15H2,1-4H3,(H,29,31)(H,27,28,32). The Kier molecular flexibility index (Phi) is 8.90. The summed E-state index contributed by atoms with van der Waals surface area (Å²) in [6.45, 7) is 5.30. The molecule has 2 heterocycles. The lowest BCUT2D eigenvalue weighted by molar-refractivity contribution is -0.133. The highest BCUT2D eigenvalue weighted by Crippen LogP contribution is 2.39. The van der Waals surface area contributed by atoms with Crippen LogP contribution < -0.4 is 10.6 Å². The zero-order chi connectivity index (χ0) is 25.6. The molecule has 1 aromatic carbocycles. The van der Waals surface area contributed by atoms with Gasteiger partial charge in [-0.15, -0.1) is 23.5 Å². The van der Waals surface area contributed by atoms with E-state index in [1.807, 2.05) is 23.8 Å². The fraction of sp³-hybridized carbons (Fsp3) is 0.360. The molecule has 2 amide bonds. The van der Waals surface area contributed by atoms with Crippen molar-refractivity contribution in [3.05, 3.63) is 64.7 Å². The molecule has 2 unspecified atom stereocenters. The zero-order valence-electron chi connectivity index (χ0n) is 20.0. The van der Waals surface area contributed by atoms with E-state index in [2.05, 4.69) is 15.6 Å². The highest BCUT2D eigenvalue weighted by Gasteiger charge is 2.46. The van der Waals surface area contributed by atoms with Crippen LogP contribution in [0, 0.1) is 0 Å². The Hall–Kier alpha value is -2.49. The number of carbonyl (C=O) groups is 3. The van der Waals surface area contributed by atoms with Crippen LogP contribution in [-0.4, -0.2) is 39.9 Å². The highest BCUT2D eigenvalue weighted by atomic mass is 35.5. The SMILES string of the molecule is CSC=CCC1(c2cccc(NC(=O)OC(C)(C)C)n2)CC(=O)C(Sc2ccccc2Cl)C(=O)N1. The summed E-state index contributed by atoms with van der Waals surface area (Å²) < 4.78 is 5.30.